The van der Waals surface area contributed by atoms with Crippen molar-refractivity contribution in [3.8, 4) is 0 Å². The van der Waals surface area contributed by atoms with E-state index < -0.39 is 0 Å². The Morgan fingerprint density at radius 3 is 2.54 bits per heavy atom. The predicted molar refractivity (Wildman–Crippen MR) is 141 cm³/mol. The first kappa shape index (κ1) is 23.4. The van der Waals surface area contributed by atoms with Crippen LogP contribution in [-0.4, -0.2) is 56.3 Å². The minimum absolute atomic E-state index is 0.0267. The highest BCUT2D eigenvalue weighted by molar-refractivity contribution is 5.79. The van der Waals surface area contributed by atoms with Gasteiger partial charge in [-0.2, -0.15) is 0 Å². The Labute approximate surface area is 207 Å². The van der Waals surface area contributed by atoms with E-state index in [9.17, 15) is 0 Å². The first-order valence-electron chi connectivity index (χ1n) is 12.6. The Kier molecular flexibility index (Phi) is 6.28. The van der Waals surface area contributed by atoms with Gasteiger partial charge in [0.2, 0.25) is 0 Å². The van der Waals surface area contributed by atoms with Crippen molar-refractivity contribution in [1.82, 2.24) is 30.1 Å². The van der Waals surface area contributed by atoms with Gasteiger partial charge in [0.05, 0.1) is 17.1 Å². The second-order valence-electron chi connectivity index (χ2n) is 10.3. The molecule has 1 saturated heterocycles. The average molecular weight is 470 g/mol. The number of hydrogen-bond acceptors (Lipinski definition) is 6. The maximum atomic E-state index is 4.60. The third-order valence-electron chi connectivity index (χ3n) is 7.50. The monoisotopic (exact) mass is 469 g/mol. The van der Waals surface area contributed by atoms with Gasteiger partial charge in [0.25, 0.3) is 0 Å². The fraction of sp³-hybridized carbons (Fsp3) is 0.429. The molecule has 0 amide bonds. The Hall–Kier alpha value is -3.32. The lowest BCUT2D eigenvalue weighted by Crippen LogP contribution is -2.49. The van der Waals surface area contributed by atoms with Gasteiger partial charge in [-0.15, -0.1) is 5.10 Å². The summed E-state index contributed by atoms with van der Waals surface area (Å²) in [6.07, 6.45) is 2.79. The molecule has 2 aromatic carbocycles. The van der Waals surface area contributed by atoms with E-state index in [0.717, 1.165) is 49.3 Å². The van der Waals surface area contributed by atoms with E-state index in [1.807, 2.05) is 16.9 Å². The fourth-order valence-electron chi connectivity index (χ4n) is 5.01. The van der Waals surface area contributed by atoms with Gasteiger partial charge in [0, 0.05) is 43.4 Å². The molecule has 3 heterocycles. The van der Waals surface area contributed by atoms with Gasteiger partial charge in [0.15, 0.2) is 5.82 Å². The first-order valence-corrected chi connectivity index (χ1v) is 12.6. The molecule has 7 heteroatoms. The smallest absolute Gasteiger partial charge is 0.173 e. The highest BCUT2D eigenvalue weighted by Gasteiger charge is 2.34. The zero-order chi connectivity index (χ0) is 24.6. The van der Waals surface area contributed by atoms with Crippen LogP contribution >= 0.6 is 0 Å². The van der Waals surface area contributed by atoms with Gasteiger partial charge in [-0.1, -0.05) is 31.2 Å². The second kappa shape index (κ2) is 9.38. The number of nitrogens with zero attached hydrogens (tertiary/aromatic N) is 7. The molecule has 1 aliphatic rings. The SMILES string of the molecule is CCC(C)(C)n1nnnc1C(c1ccc2ncccc2c1)N1CCN(c2cc(C)ccc2C)CC1. The fourth-order valence-corrected chi connectivity index (χ4v) is 5.01. The average Bonchev–Trinajstić information content (AvgIpc) is 3.36. The van der Waals surface area contributed by atoms with E-state index in [1.54, 1.807) is 0 Å². The molecule has 0 aliphatic carbocycles. The van der Waals surface area contributed by atoms with Crippen LogP contribution in [0.5, 0.6) is 0 Å². The summed E-state index contributed by atoms with van der Waals surface area (Å²) < 4.78 is 2.03. The molecule has 0 N–H and O–H groups in total. The summed E-state index contributed by atoms with van der Waals surface area (Å²) in [7, 11) is 0. The first-order chi connectivity index (χ1) is 16.9. The van der Waals surface area contributed by atoms with E-state index in [-0.39, 0.29) is 11.6 Å². The summed E-state index contributed by atoms with van der Waals surface area (Å²) in [6, 6.07) is 17.4. The molecule has 7 nitrogen and oxygen atoms in total. The van der Waals surface area contributed by atoms with Crippen LogP contribution < -0.4 is 4.90 Å². The van der Waals surface area contributed by atoms with Gasteiger partial charge in [0.1, 0.15) is 0 Å². The largest absolute Gasteiger partial charge is 0.369 e. The van der Waals surface area contributed by atoms with Gasteiger partial charge in [-0.25, -0.2) is 4.68 Å². The number of piperazine rings is 1. The van der Waals surface area contributed by atoms with Crippen LogP contribution in [0.1, 0.15) is 55.7 Å². The summed E-state index contributed by atoms with van der Waals surface area (Å²) in [5.41, 5.74) is 6.01. The van der Waals surface area contributed by atoms with Crippen LogP contribution in [0.25, 0.3) is 10.9 Å². The zero-order valence-corrected chi connectivity index (χ0v) is 21.4. The third kappa shape index (κ3) is 4.52. The summed E-state index contributed by atoms with van der Waals surface area (Å²) in [4.78, 5) is 9.57. The van der Waals surface area contributed by atoms with E-state index >= 15 is 0 Å². The molecule has 0 radical (unpaired) electrons. The van der Waals surface area contributed by atoms with Gasteiger partial charge in [-0.3, -0.25) is 9.88 Å². The van der Waals surface area contributed by atoms with Gasteiger partial charge in [-0.05, 0) is 85.5 Å². The second-order valence-corrected chi connectivity index (χ2v) is 10.3. The lowest BCUT2D eigenvalue weighted by molar-refractivity contribution is 0.187. The summed E-state index contributed by atoms with van der Waals surface area (Å²) in [5, 5.41) is 14.3. The van der Waals surface area contributed by atoms with Crippen molar-refractivity contribution in [2.45, 2.75) is 52.6 Å². The molecule has 2 aromatic heterocycles. The van der Waals surface area contributed by atoms with Gasteiger partial charge >= 0.3 is 0 Å². The molecule has 0 bridgehead atoms. The summed E-state index contributed by atoms with van der Waals surface area (Å²) in [5.74, 6) is 0.903. The molecule has 1 atom stereocenters. The number of tetrazole rings is 1. The standard InChI is InChI=1S/C28H35N7/c1-6-28(4,5)35-27(30-31-32-35)26(23-11-12-24-22(19-23)8-7-13-29-24)34-16-14-33(15-17-34)25-18-20(2)9-10-21(25)3/h7-13,18-19,26H,6,14-17H2,1-5H3. The van der Waals surface area contributed by atoms with Crippen molar-refractivity contribution >= 4 is 16.6 Å². The zero-order valence-electron chi connectivity index (χ0n) is 21.4. The molecule has 4 aromatic rings. The highest BCUT2D eigenvalue weighted by atomic mass is 15.6. The molecular weight excluding hydrogens is 434 g/mol. The number of fused-ring (bicyclic) bond motifs is 1. The van der Waals surface area contributed by atoms with Crippen LogP contribution in [0.15, 0.2) is 54.7 Å². The molecule has 35 heavy (non-hydrogen) atoms. The van der Waals surface area contributed by atoms with E-state index in [4.69, 9.17) is 0 Å². The topological polar surface area (TPSA) is 63.0 Å². The Morgan fingerprint density at radius 2 is 1.77 bits per heavy atom. The van der Waals surface area contributed by atoms with Crippen molar-refractivity contribution in [2.24, 2.45) is 0 Å². The van der Waals surface area contributed by atoms with E-state index in [0.29, 0.717) is 0 Å². The molecule has 1 aliphatic heterocycles. The van der Waals surface area contributed by atoms with Crippen LogP contribution in [0, 0.1) is 13.8 Å². The van der Waals surface area contributed by atoms with Crippen LogP contribution in [0.3, 0.4) is 0 Å². The Morgan fingerprint density at radius 1 is 0.971 bits per heavy atom. The maximum absolute atomic E-state index is 4.60. The minimum Gasteiger partial charge on any atom is -0.369 e. The van der Waals surface area contributed by atoms with Crippen LogP contribution in [-0.2, 0) is 5.54 Å². The van der Waals surface area contributed by atoms with E-state index in [2.05, 4.69) is 107 Å². The number of aryl methyl sites for hydroxylation is 2. The number of hydrogen-bond donors (Lipinski definition) is 0. The van der Waals surface area contributed by atoms with Crippen molar-refractivity contribution < 1.29 is 0 Å². The highest BCUT2D eigenvalue weighted by Crippen LogP contribution is 2.33. The molecule has 1 unspecified atom stereocenters. The molecular formula is C28H35N7. The molecule has 0 spiro atoms. The molecule has 1 fully saturated rings. The summed E-state index contributed by atoms with van der Waals surface area (Å²) in [6.45, 7) is 14.8. The quantitative estimate of drug-likeness (QED) is 0.400. The van der Waals surface area contributed by atoms with Gasteiger partial charge < -0.3 is 4.90 Å². The molecule has 182 valence electrons. The number of rotatable bonds is 6. The van der Waals surface area contributed by atoms with Crippen molar-refractivity contribution in [2.75, 3.05) is 31.1 Å². The number of aromatic nitrogens is 5. The number of benzene rings is 2. The number of anilines is 1. The lowest BCUT2D eigenvalue weighted by atomic mass is 9.98. The van der Waals surface area contributed by atoms with Crippen LogP contribution in [0.4, 0.5) is 5.69 Å². The van der Waals surface area contributed by atoms with Crippen molar-refractivity contribution in [3.05, 3.63) is 77.2 Å². The maximum Gasteiger partial charge on any atom is 0.173 e. The third-order valence-corrected chi connectivity index (χ3v) is 7.50. The van der Waals surface area contributed by atoms with Crippen LogP contribution in [0.2, 0.25) is 0 Å². The Bertz CT molecular complexity index is 1320. The van der Waals surface area contributed by atoms with E-state index in [1.165, 1.54) is 22.4 Å². The summed E-state index contributed by atoms with van der Waals surface area (Å²) >= 11 is 0. The molecule has 0 saturated carbocycles. The minimum atomic E-state index is -0.171. The Balaban J connectivity index is 1.51. The predicted octanol–water partition coefficient (Wildman–Crippen LogP) is 4.89. The number of pyridine rings is 1. The van der Waals surface area contributed by atoms with Crippen molar-refractivity contribution in [1.29, 1.82) is 0 Å². The van der Waals surface area contributed by atoms with Crippen molar-refractivity contribution in [3.63, 3.8) is 0 Å². The normalized spacial score (nSPS) is 16.1. The lowest BCUT2D eigenvalue weighted by Gasteiger charge is -2.41. The molecule has 5 rings (SSSR count).